The lowest BCUT2D eigenvalue weighted by molar-refractivity contribution is -0.149. The number of hydrogen-bond donors (Lipinski definition) is 6. The van der Waals surface area contributed by atoms with Crippen molar-refractivity contribution in [3.63, 3.8) is 0 Å². The summed E-state index contributed by atoms with van der Waals surface area (Å²) in [6.45, 7) is 12.8. The molecule has 0 spiro atoms. The number of nitrogens with zero attached hydrogens (tertiary/aromatic N) is 4. The van der Waals surface area contributed by atoms with Crippen LogP contribution in [0.5, 0.6) is 0 Å². The molecule has 438 valence electrons. The second kappa shape index (κ2) is 32.4. The van der Waals surface area contributed by atoms with Crippen molar-refractivity contribution in [2.24, 2.45) is 35.3 Å². The molecular weight excluding hydrogens is 1030 g/mol. The summed E-state index contributed by atoms with van der Waals surface area (Å²) >= 11 is 1.03. The van der Waals surface area contributed by atoms with E-state index >= 15 is 0 Å². The molecule has 2 aliphatic rings. The highest BCUT2D eigenvalue weighted by molar-refractivity contribution is 8.00. The molecule has 0 saturated carbocycles. The van der Waals surface area contributed by atoms with Crippen molar-refractivity contribution in [2.45, 2.75) is 166 Å². The molecule has 23 nitrogen and oxygen atoms in total. The summed E-state index contributed by atoms with van der Waals surface area (Å²) in [5, 5.41) is 17.2. The second-order valence-electron chi connectivity index (χ2n) is 21.2. The van der Waals surface area contributed by atoms with Crippen LogP contribution < -0.4 is 27.6 Å². The van der Waals surface area contributed by atoms with E-state index in [1.165, 1.54) is 19.1 Å². The zero-order chi connectivity index (χ0) is 58.6. The SMILES string of the molecule is CC[C@H](C)C([C@@H](CC(=O)N1CCC[C@H]1[C@H](OC)[C@@H](C)C(=O)N[C@H](Cc1ccccc1)C(=O)O)OC)N(C)C(=O)[C@H](NC(=O)[C@H](C(C)C)N(C)C(=O)CCCCCN1C(=O)CC(SCC(NC(=O)CON)C(N)=O)C1=O)C(C)C. The molecular formula is C54H87N9O14S. The third-order valence-electron chi connectivity index (χ3n) is 14.9. The van der Waals surface area contributed by atoms with Crippen LogP contribution in [0.2, 0.25) is 0 Å². The maximum atomic E-state index is 14.7. The Morgan fingerprint density at radius 1 is 0.859 bits per heavy atom. The Morgan fingerprint density at radius 2 is 1.53 bits per heavy atom. The van der Waals surface area contributed by atoms with Crippen molar-refractivity contribution in [2.75, 3.05) is 53.8 Å². The van der Waals surface area contributed by atoms with Gasteiger partial charge in [-0.3, -0.25) is 52.9 Å². The van der Waals surface area contributed by atoms with Gasteiger partial charge in [-0.2, -0.15) is 0 Å². The van der Waals surface area contributed by atoms with Crippen molar-refractivity contribution >= 4 is 70.9 Å². The Morgan fingerprint density at radius 3 is 2.09 bits per heavy atom. The molecule has 2 aliphatic heterocycles. The van der Waals surface area contributed by atoms with E-state index in [9.17, 15) is 53.1 Å². The monoisotopic (exact) mass is 1120 g/mol. The number of carboxylic acids is 1. The largest absolute Gasteiger partial charge is 0.480 e. The van der Waals surface area contributed by atoms with Gasteiger partial charge in [0.1, 0.15) is 30.8 Å². The third-order valence-corrected chi connectivity index (χ3v) is 16.2. The van der Waals surface area contributed by atoms with E-state index in [1.807, 2.05) is 33.8 Å². The molecule has 1 aromatic carbocycles. The van der Waals surface area contributed by atoms with E-state index in [2.05, 4.69) is 20.8 Å². The Balaban J connectivity index is 1.64. The number of thioether (sulfide) groups is 1. The van der Waals surface area contributed by atoms with Crippen LogP contribution in [0.1, 0.15) is 112 Å². The average Bonchev–Trinajstić information content (AvgIpc) is 3.98. The number of hydrogen-bond acceptors (Lipinski definition) is 15. The van der Waals surface area contributed by atoms with Gasteiger partial charge in [0.25, 0.3) is 0 Å². The highest BCUT2D eigenvalue weighted by Gasteiger charge is 2.44. The number of imide groups is 1. The number of amides is 9. The Labute approximate surface area is 463 Å². The van der Waals surface area contributed by atoms with Gasteiger partial charge in [-0.15, -0.1) is 11.8 Å². The summed E-state index contributed by atoms with van der Waals surface area (Å²) in [5.74, 6) is -2.35. The van der Waals surface area contributed by atoms with E-state index in [0.717, 1.165) is 22.2 Å². The molecule has 2 fully saturated rings. The smallest absolute Gasteiger partial charge is 0.326 e. The van der Waals surface area contributed by atoms with Crippen LogP contribution in [0, 0.1) is 23.7 Å². The van der Waals surface area contributed by atoms with Gasteiger partial charge in [0, 0.05) is 66.4 Å². The molecule has 0 radical (unpaired) electrons. The lowest BCUT2D eigenvalue weighted by Gasteiger charge is -2.41. The summed E-state index contributed by atoms with van der Waals surface area (Å²) < 4.78 is 11.9. The first kappa shape index (κ1) is 66.6. The highest BCUT2D eigenvalue weighted by Crippen LogP contribution is 2.31. The standard InChI is InChI=1S/C54H87N9O14S/c1-12-33(6)47(39(75-10)27-43(66)62-25-19-22-38(62)48(76-11)34(7)50(69)58-36(54(73)74)26-35-20-15-13-16-21-35)61(9)53(72)45(31(2)3)59-51(70)46(32(4)5)60(8)42(65)23-17-14-18-24-63-44(67)28-40(52(63)71)78-30-37(49(55)68)57-41(64)29-77-56/h13,15-16,20-21,31-34,36-40,45-48H,12,14,17-19,22-30,56H2,1-11H3,(H2,55,68)(H,57,64)(H,58,69)(H,59,70)(H,73,74)/t33-,34+,36+,37?,38-,39+,40?,45+,46-,47?,48+/m0/s1. The molecule has 9 amide bonds. The lowest BCUT2D eigenvalue weighted by atomic mass is 9.89. The van der Waals surface area contributed by atoms with E-state index in [1.54, 1.807) is 68.9 Å². The number of carbonyl (C=O) groups excluding carboxylic acids is 9. The van der Waals surface area contributed by atoms with Gasteiger partial charge in [-0.25, -0.2) is 10.7 Å². The van der Waals surface area contributed by atoms with Crippen LogP contribution in [0.4, 0.5) is 0 Å². The number of carboxylic acid groups (broad SMARTS) is 1. The van der Waals surface area contributed by atoms with Crippen LogP contribution in [0.3, 0.4) is 0 Å². The number of likely N-dealkylation sites (tertiary alicyclic amines) is 2. The number of benzene rings is 1. The maximum Gasteiger partial charge on any atom is 0.326 e. The van der Waals surface area contributed by atoms with Crippen molar-refractivity contribution in [1.82, 2.24) is 35.6 Å². The number of ether oxygens (including phenoxy) is 2. The lowest BCUT2D eigenvalue weighted by Crippen LogP contribution is -2.60. The number of primary amides is 1. The minimum atomic E-state index is -1.18. The Bertz CT molecular complexity index is 2210. The van der Waals surface area contributed by atoms with E-state index in [-0.39, 0.29) is 67.5 Å². The topological polar surface area (TPSA) is 320 Å². The molecule has 0 bridgehead atoms. The Hall–Kier alpha value is -5.69. The number of unbranched alkanes of at least 4 members (excludes halogenated alkanes) is 2. The fraction of sp³-hybridized carbons (Fsp3) is 0.704. The number of nitrogens with one attached hydrogen (secondary N) is 3. The number of likely N-dealkylation sites (N-methyl/N-ethyl adjacent to an activating group) is 2. The van der Waals surface area contributed by atoms with Crippen molar-refractivity contribution in [1.29, 1.82) is 0 Å². The van der Waals surface area contributed by atoms with Crippen LogP contribution in [0.15, 0.2) is 30.3 Å². The molecule has 2 saturated heterocycles. The second-order valence-corrected chi connectivity index (χ2v) is 22.4. The summed E-state index contributed by atoms with van der Waals surface area (Å²) in [6.07, 6.45) is 1.55. The highest BCUT2D eigenvalue weighted by atomic mass is 32.2. The number of nitrogens with two attached hydrogens (primary N) is 2. The first-order valence-corrected chi connectivity index (χ1v) is 28.0. The van der Waals surface area contributed by atoms with Gasteiger partial charge in [-0.05, 0) is 49.0 Å². The zero-order valence-corrected chi connectivity index (χ0v) is 48.2. The predicted molar refractivity (Wildman–Crippen MR) is 291 cm³/mol. The van der Waals surface area contributed by atoms with Crippen molar-refractivity contribution in [3.05, 3.63) is 35.9 Å². The molecule has 3 unspecified atom stereocenters. The van der Waals surface area contributed by atoms with E-state index in [0.29, 0.717) is 45.1 Å². The molecule has 0 aliphatic carbocycles. The van der Waals surface area contributed by atoms with E-state index in [4.69, 9.17) is 21.1 Å². The summed E-state index contributed by atoms with van der Waals surface area (Å²) in [5.41, 5.74) is 6.14. The van der Waals surface area contributed by atoms with Crippen molar-refractivity contribution in [3.8, 4) is 0 Å². The van der Waals surface area contributed by atoms with Crippen LogP contribution in [-0.2, 0) is 68.7 Å². The third kappa shape index (κ3) is 18.7. The summed E-state index contributed by atoms with van der Waals surface area (Å²) in [4.78, 5) is 142. The Kier molecular flexibility index (Phi) is 27.7. The summed E-state index contributed by atoms with van der Waals surface area (Å²) in [7, 11) is 6.12. The fourth-order valence-electron chi connectivity index (χ4n) is 10.3. The first-order chi connectivity index (χ1) is 36.8. The normalized spacial score (nSPS) is 19.1. The van der Waals surface area contributed by atoms with Gasteiger partial charge in [0.15, 0.2) is 0 Å². The molecule has 0 aromatic heterocycles. The molecule has 1 aromatic rings. The first-order valence-electron chi connectivity index (χ1n) is 27.0. The van der Waals surface area contributed by atoms with Crippen LogP contribution >= 0.6 is 11.8 Å². The molecule has 24 heteroatoms. The van der Waals surface area contributed by atoms with Crippen molar-refractivity contribution < 1.29 is 67.4 Å². The number of aliphatic carboxylic acids is 1. The van der Waals surface area contributed by atoms with Crippen LogP contribution in [0.25, 0.3) is 0 Å². The van der Waals surface area contributed by atoms with Gasteiger partial charge in [0.2, 0.25) is 53.2 Å². The number of rotatable bonds is 34. The molecule has 78 heavy (non-hydrogen) atoms. The van der Waals surface area contributed by atoms with E-state index < -0.39 is 114 Å². The minimum Gasteiger partial charge on any atom is -0.480 e. The molecule has 2 heterocycles. The zero-order valence-electron chi connectivity index (χ0n) is 47.4. The van der Waals surface area contributed by atoms with Gasteiger partial charge < -0.3 is 51.0 Å². The molecule has 11 atom stereocenters. The number of carbonyl (C=O) groups is 10. The van der Waals surface area contributed by atoms with Gasteiger partial charge >= 0.3 is 5.97 Å². The van der Waals surface area contributed by atoms with Gasteiger partial charge in [-0.1, -0.05) is 91.6 Å². The molecule has 3 rings (SSSR count). The minimum absolute atomic E-state index is 0.0434. The summed E-state index contributed by atoms with van der Waals surface area (Å²) in [6, 6.07) is 3.61. The molecule has 8 N–H and O–H groups in total. The average molecular weight is 1120 g/mol. The van der Waals surface area contributed by atoms with Crippen LogP contribution in [-0.4, -0.2) is 191 Å². The number of methoxy groups -OCH3 is 2. The van der Waals surface area contributed by atoms with Gasteiger partial charge in [0.05, 0.1) is 41.9 Å². The quantitative estimate of drug-likeness (QED) is 0.0325. The maximum absolute atomic E-state index is 14.7. The fourth-order valence-corrected chi connectivity index (χ4v) is 11.6. The predicted octanol–water partition coefficient (Wildman–Crippen LogP) is 1.62.